The van der Waals surface area contributed by atoms with Crippen molar-refractivity contribution in [2.24, 2.45) is 53.3 Å². The number of hydrogen-bond acceptors (Lipinski definition) is 8. The standard InChI is InChI=1S/C41H68N2O6/c1-3-4-9-27-20-29(21-28-16-18-43-39(24-28)42-17-8-19-44)22-31-12-14-33(30-10-6-5-7-11-30)34-26-37(46)38(49-2)25-32(34)13-15-36(45)41(48)40(47)35(31)23-27/h27-35,37-39,41-44,46,48H,3-11,13,15-26H2,1-2H3/t27-,28?,29-,31-,32?,33+,34?,35-,37?,38?,39?,41-/m0/s1. The van der Waals surface area contributed by atoms with E-state index < -0.39 is 18.1 Å². The van der Waals surface area contributed by atoms with Gasteiger partial charge in [0.15, 0.2) is 17.7 Å². The van der Waals surface area contributed by atoms with Crippen LogP contribution in [0.3, 0.4) is 0 Å². The van der Waals surface area contributed by atoms with Crippen LogP contribution >= 0.6 is 0 Å². The number of carbonyl (C=O) groups excluding carboxylic acids is 2. The van der Waals surface area contributed by atoms with Gasteiger partial charge in [-0.25, -0.2) is 0 Å². The molecule has 0 spiro atoms. The third-order valence-electron chi connectivity index (χ3n) is 13.3. The molecule has 0 amide bonds. The van der Waals surface area contributed by atoms with Gasteiger partial charge in [-0.05, 0) is 126 Å². The molecule has 0 aromatic rings. The average molecular weight is 685 g/mol. The molecular formula is C41H68N2O6. The van der Waals surface area contributed by atoms with E-state index in [-0.39, 0.29) is 60.5 Å². The van der Waals surface area contributed by atoms with Gasteiger partial charge in [0, 0.05) is 37.9 Å². The predicted molar refractivity (Wildman–Crippen MR) is 192 cm³/mol. The number of ketones is 2. The number of aliphatic hydroxyl groups is 3. The van der Waals surface area contributed by atoms with Gasteiger partial charge < -0.3 is 30.7 Å². The lowest BCUT2D eigenvalue weighted by Gasteiger charge is -2.44. The Balaban J connectivity index is 1.47. The van der Waals surface area contributed by atoms with Crippen molar-refractivity contribution in [3.05, 3.63) is 0 Å². The summed E-state index contributed by atoms with van der Waals surface area (Å²) < 4.78 is 5.71. The fourth-order valence-electron chi connectivity index (χ4n) is 10.7. The summed E-state index contributed by atoms with van der Waals surface area (Å²) in [5.74, 6) is 8.84. The van der Waals surface area contributed by atoms with Crippen molar-refractivity contribution in [1.82, 2.24) is 10.6 Å². The van der Waals surface area contributed by atoms with Gasteiger partial charge in [0.05, 0.1) is 18.4 Å². The smallest absolute Gasteiger partial charge is 0.173 e. The highest BCUT2D eigenvalue weighted by Crippen LogP contribution is 2.46. The van der Waals surface area contributed by atoms with Crippen LogP contribution in [0.4, 0.5) is 0 Å². The predicted octanol–water partition coefficient (Wildman–Crippen LogP) is 5.41. The normalized spacial score (nSPS) is 39.8. The topological polar surface area (TPSA) is 128 Å². The van der Waals surface area contributed by atoms with E-state index in [1.165, 1.54) is 19.3 Å². The summed E-state index contributed by atoms with van der Waals surface area (Å²) in [6.07, 6.45) is 16.0. The third kappa shape index (κ3) is 10.6. The van der Waals surface area contributed by atoms with Crippen molar-refractivity contribution in [3.63, 3.8) is 0 Å². The molecule has 6 unspecified atom stereocenters. The number of nitrogens with one attached hydrogen (secondary N) is 2. The van der Waals surface area contributed by atoms with Crippen LogP contribution in [0.2, 0.25) is 0 Å². The maximum absolute atomic E-state index is 14.2. The molecular weight excluding hydrogens is 616 g/mol. The fraction of sp³-hybridized carbons (Fsp3) is 0.902. The molecule has 5 N–H and O–H groups in total. The molecule has 0 aromatic carbocycles. The Bertz CT molecular complexity index is 1100. The number of fused-ring (bicyclic) bond motifs is 2. The number of carbonyl (C=O) groups is 2. The van der Waals surface area contributed by atoms with Crippen molar-refractivity contribution >= 4 is 11.6 Å². The van der Waals surface area contributed by atoms with Gasteiger partial charge >= 0.3 is 0 Å². The lowest BCUT2D eigenvalue weighted by molar-refractivity contribution is -0.142. The third-order valence-corrected chi connectivity index (χ3v) is 13.3. The SMILES string of the molecule is CCCC[C@H]1C[C@@H](CC2CCNC(NCCCO)C2)C[C@@H]2C#C[C@H](C3CCCCC3)C3CC(O)C(OC)CC3CCC(=O)[C@H](O)C(=O)[C@H]2C1. The summed E-state index contributed by atoms with van der Waals surface area (Å²) in [6, 6.07) is 0. The molecule has 0 aromatic heterocycles. The van der Waals surface area contributed by atoms with Gasteiger partial charge in [0.25, 0.3) is 0 Å². The zero-order valence-electron chi connectivity index (χ0n) is 30.6. The van der Waals surface area contributed by atoms with Gasteiger partial charge in [0.2, 0.25) is 0 Å². The second kappa shape index (κ2) is 19.5. The van der Waals surface area contributed by atoms with Gasteiger partial charge in [-0.15, -0.1) is 0 Å². The first-order valence-corrected chi connectivity index (χ1v) is 20.3. The first-order valence-electron chi connectivity index (χ1n) is 20.3. The number of unbranched alkanes of at least 4 members (excludes halogenated alkanes) is 1. The second-order valence-electron chi connectivity index (χ2n) is 16.7. The number of rotatable bonds is 11. The average Bonchev–Trinajstić information content (AvgIpc) is 3.28. The van der Waals surface area contributed by atoms with Crippen LogP contribution in [0.15, 0.2) is 0 Å². The lowest BCUT2D eigenvalue weighted by atomic mass is 9.63. The van der Waals surface area contributed by atoms with E-state index in [4.69, 9.17) is 4.74 Å². The molecule has 49 heavy (non-hydrogen) atoms. The highest BCUT2D eigenvalue weighted by molar-refractivity contribution is 6.06. The molecule has 278 valence electrons. The molecule has 1 heterocycles. The molecule has 12 atom stereocenters. The van der Waals surface area contributed by atoms with E-state index in [0.29, 0.717) is 49.4 Å². The van der Waals surface area contributed by atoms with E-state index in [9.17, 15) is 24.9 Å². The Morgan fingerprint density at radius 3 is 2.45 bits per heavy atom. The van der Waals surface area contributed by atoms with Crippen molar-refractivity contribution in [2.45, 2.75) is 153 Å². The Hall–Kier alpha value is -1.34. The molecule has 0 radical (unpaired) electrons. The van der Waals surface area contributed by atoms with E-state index in [0.717, 1.165) is 83.7 Å². The van der Waals surface area contributed by atoms with Crippen LogP contribution in [-0.4, -0.2) is 78.2 Å². The summed E-state index contributed by atoms with van der Waals surface area (Å²) in [7, 11) is 1.66. The molecule has 4 aliphatic carbocycles. The highest BCUT2D eigenvalue weighted by atomic mass is 16.5. The minimum Gasteiger partial charge on any atom is -0.396 e. The second-order valence-corrected chi connectivity index (χ2v) is 16.7. The summed E-state index contributed by atoms with van der Waals surface area (Å²) in [5, 5.41) is 39.0. The Labute approximate surface area is 296 Å². The van der Waals surface area contributed by atoms with E-state index in [1.807, 2.05) is 0 Å². The maximum Gasteiger partial charge on any atom is 0.173 e. The van der Waals surface area contributed by atoms with Crippen molar-refractivity contribution in [1.29, 1.82) is 0 Å². The zero-order chi connectivity index (χ0) is 34.8. The van der Waals surface area contributed by atoms with E-state index >= 15 is 0 Å². The Morgan fingerprint density at radius 1 is 0.878 bits per heavy atom. The quantitative estimate of drug-likeness (QED) is 0.111. The molecule has 0 bridgehead atoms. The molecule has 5 rings (SSSR count). The number of ether oxygens (including phenoxy) is 1. The maximum atomic E-state index is 14.2. The number of aliphatic hydroxyl groups excluding tert-OH is 3. The minimum atomic E-state index is -1.58. The number of methoxy groups -OCH3 is 1. The largest absolute Gasteiger partial charge is 0.396 e. The van der Waals surface area contributed by atoms with Gasteiger partial charge in [-0.1, -0.05) is 57.3 Å². The van der Waals surface area contributed by atoms with Gasteiger partial charge in [0.1, 0.15) is 0 Å². The summed E-state index contributed by atoms with van der Waals surface area (Å²) >= 11 is 0. The summed E-state index contributed by atoms with van der Waals surface area (Å²) in [4.78, 5) is 27.8. The van der Waals surface area contributed by atoms with Gasteiger partial charge in [-0.2, -0.15) is 0 Å². The first-order chi connectivity index (χ1) is 23.8. The zero-order valence-corrected chi connectivity index (χ0v) is 30.6. The lowest BCUT2D eigenvalue weighted by Crippen LogP contribution is -2.48. The Kier molecular flexibility index (Phi) is 15.5. The summed E-state index contributed by atoms with van der Waals surface area (Å²) in [5.41, 5.74) is 0. The molecule has 5 aliphatic rings. The number of piperidine rings is 1. The van der Waals surface area contributed by atoms with Crippen LogP contribution < -0.4 is 10.6 Å². The molecule has 4 fully saturated rings. The summed E-state index contributed by atoms with van der Waals surface area (Å²) in [6.45, 7) is 4.21. The molecule has 1 aliphatic heterocycles. The number of Topliss-reactive ketones (excluding diaryl/α,β-unsaturated/α-hetero) is 2. The van der Waals surface area contributed by atoms with E-state index in [2.05, 4.69) is 29.4 Å². The van der Waals surface area contributed by atoms with Crippen LogP contribution in [0.1, 0.15) is 129 Å². The monoisotopic (exact) mass is 685 g/mol. The minimum absolute atomic E-state index is 0.140. The van der Waals surface area contributed by atoms with Gasteiger partial charge in [-0.3, -0.25) is 9.59 Å². The van der Waals surface area contributed by atoms with Crippen LogP contribution in [-0.2, 0) is 14.3 Å². The van der Waals surface area contributed by atoms with Crippen LogP contribution in [0, 0.1) is 65.1 Å². The molecule has 1 saturated heterocycles. The fourth-order valence-corrected chi connectivity index (χ4v) is 10.7. The van der Waals surface area contributed by atoms with Crippen molar-refractivity contribution in [2.75, 3.05) is 26.8 Å². The van der Waals surface area contributed by atoms with Crippen molar-refractivity contribution in [3.8, 4) is 11.8 Å². The van der Waals surface area contributed by atoms with E-state index in [1.54, 1.807) is 7.11 Å². The number of hydrogen-bond donors (Lipinski definition) is 5. The van der Waals surface area contributed by atoms with Crippen LogP contribution in [0.25, 0.3) is 0 Å². The molecule has 8 heteroatoms. The van der Waals surface area contributed by atoms with Crippen LogP contribution in [0.5, 0.6) is 0 Å². The first kappa shape index (κ1) is 38.9. The Morgan fingerprint density at radius 2 is 1.69 bits per heavy atom. The van der Waals surface area contributed by atoms with Crippen molar-refractivity contribution < 1.29 is 29.6 Å². The molecule has 3 saturated carbocycles. The molecule has 8 nitrogen and oxygen atoms in total. The highest BCUT2D eigenvalue weighted by Gasteiger charge is 2.45.